The number of aromatic nitrogens is 1. The lowest BCUT2D eigenvalue weighted by molar-refractivity contribution is 0.354. The van der Waals surface area contributed by atoms with Gasteiger partial charge < -0.3 is 24.7 Å². The summed E-state index contributed by atoms with van der Waals surface area (Å²) in [6, 6.07) is 10.0. The minimum atomic E-state index is 0. The summed E-state index contributed by atoms with van der Waals surface area (Å²) in [5.74, 6) is 2.34. The van der Waals surface area contributed by atoms with Gasteiger partial charge in [-0.15, -0.1) is 24.0 Å². The number of ether oxygens (including phenoxy) is 2. The van der Waals surface area contributed by atoms with Gasteiger partial charge in [0.1, 0.15) is 0 Å². The predicted molar refractivity (Wildman–Crippen MR) is 117 cm³/mol. The molecule has 7 heteroatoms. The first-order valence-corrected chi connectivity index (χ1v) is 8.60. The largest absolute Gasteiger partial charge is 0.493 e. The minimum Gasteiger partial charge on any atom is -0.493 e. The van der Waals surface area contributed by atoms with E-state index in [2.05, 4.69) is 39.5 Å². The quantitative estimate of drug-likeness (QED) is 0.335. The zero-order valence-electron chi connectivity index (χ0n) is 15.7. The van der Waals surface area contributed by atoms with Crippen molar-refractivity contribution in [2.75, 3.05) is 33.9 Å². The number of nitrogens with one attached hydrogen (secondary N) is 2. The van der Waals surface area contributed by atoms with Gasteiger partial charge in [0.2, 0.25) is 0 Å². The number of methoxy groups -OCH3 is 2. The van der Waals surface area contributed by atoms with Crippen molar-refractivity contribution in [3.63, 3.8) is 0 Å². The van der Waals surface area contributed by atoms with E-state index >= 15 is 0 Å². The number of nitrogens with zero attached hydrogens (tertiary/aromatic N) is 2. The fourth-order valence-corrected chi connectivity index (χ4v) is 2.50. The smallest absolute Gasteiger partial charge is 0.191 e. The van der Waals surface area contributed by atoms with E-state index in [1.807, 2.05) is 30.3 Å². The molecule has 6 nitrogen and oxygen atoms in total. The third kappa shape index (κ3) is 7.15. The lowest BCUT2D eigenvalue weighted by atomic mass is 10.1. The van der Waals surface area contributed by atoms with Gasteiger partial charge in [-0.05, 0) is 43.2 Å². The number of aliphatic imine (C=N–C) groups is 1. The zero-order chi connectivity index (χ0) is 17.9. The fourth-order valence-electron chi connectivity index (χ4n) is 2.50. The Morgan fingerprint density at radius 3 is 2.46 bits per heavy atom. The Morgan fingerprint density at radius 2 is 1.81 bits per heavy atom. The Hall–Kier alpha value is -1.90. The first-order valence-electron chi connectivity index (χ1n) is 8.60. The Morgan fingerprint density at radius 1 is 1.08 bits per heavy atom. The molecule has 2 rings (SSSR count). The molecule has 0 spiro atoms. The molecule has 2 N–H and O–H groups in total. The molecule has 0 amide bonds. The van der Waals surface area contributed by atoms with Gasteiger partial charge in [-0.1, -0.05) is 6.07 Å². The number of benzene rings is 1. The van der Waals surface area contributed by atoms with Crippen molar-refractivity contribution in [1.82, 2.24) is 15.2 Å². The fraction of sp³-hybridized carbons (Fsp3) is 0.421. The van der Waals surface area contributed by atoms with Crippen LogP contribution >= 0.6 is 24.0 Å². The second-order valence-corrected chi connectivity index (χ2v) is 5.55. The number of rotatable bonds is 9. The van der Waals surface area contributed by atoms with Crippen molar-refractivity contribution in [3.05, 3.63) is 48.3 Å². The molecule has 0 aliphatic carbocycles. The lowest BCUT2D eigenvalue weighted by Crippen LogP contribution is -2.39. The highest BCUT2D eigenvalue weighted by atomic mass is 127. The van der Waals surface area contributed by atoms with Crippen molar-refractivity contribution in [2.45, 2.75) is 19.9 Å². The number of guanidine groups is 1. The molecule has 1 heterocycles. The first-order chi connectivity index (χ1) is 12.3. The van der Waals surface area contributed by atoms with Crippen LogP contribution in [0.2, 0.25) is 0 Å². The van der Waals surface area contributed by atoms with E-state index in [-0.39, 0.29) is 24.0 Å². The molecule has 0 radical (unpaired) electrons. The third-order valence-corrected chi connectivity index (χ3v) is 3.79. The van der Waals surface area contributed by atoms with Crippen LogP contribution in [0.3, 0.4) is 0 Å². The summed E-state index contributed by atoms with van der Waals surface area (Å²) in [7, 11) is 3.29. The molecular formula is C19H29IN4O2. The van der Waals surface area contributed by atoms with Crippen LogP contribution in [0.1, 0.15) is 12.5 Å². The van der Waals surface area contributed by atoms with Crippen molar-refractivity contribution in [3.8, 4) is 11.5 Å². The Labute approximate surface area is 173 Å². The minimum absolute atomic E-state index is 0. The van der Waals surface area contributed by atoms with Crippen LogP contribution in [-0.4, -0.2) is 44.4 Å². The van der Waals surface area contributed by atoms with E-state index in [9.17, 15) is 0 Å². The van der Waals surface area contributed by atoms with E-state index < -0.39 is 0 Å². The second-order valence-electron chi connectivity index (χ2n) is 5.55. The van der Waals surface area contributed by atoms with Crippen LogP contribution < -0.4 is 20.1 Å². The summed E-state index contributed by atoms with van der Waals surface area (Å²) < 4.78 is 12.7. The lowest BCUT2D eigenvalue weighted by Gasteiger charge is -2.12. The maximum Gasteiger partial charge on any atom is 0.191 e. The van der Waals surface area contributed by atoms with Gasteiger partial charge in [-0.25, -0.2) is 0 Å². The van der Waals surface area contributed by atoms with Crippen molar-refractivity contribution < 1.29 is 9.47 Å². The average molecular weight is 472 g/mol. The van der Waals surface area contributed by atoms with E-state index in [0.717, 1.165) is 43.5 Å². The molecule has 26 heavy (non-hydrogen) atoms. The summed E-state index contributed by atoms with van der Waals surface area (Å²) >= 11 is 0. The summed E-state index contributed by atoms with van der Waals surface area (Å²) in [5, 5.41) is 6.63. The topological polar surface area (TPSA) is 59.8 Å². The monoisotopic (exact) mass is 472 g/mol. The molecule has 1 aromatic heterocycles. The average Bonchev–Trinajstić information content (AvgIpc) is 3.15. The standard InChI is InChI=1S/C19H28N4O2.HI/c1-4-20-19(22-11-14-23-12-5-6-13-23)21-10-9-16-7-8-17(24-2)18(15-16)25-3;/h5-8,12-13,15H,4,9-11,14H2,1-3H3,(H2,20,21,22);1H. The normalized spacial score (nSPS) is 10.8. The van der Waals surface area contributed by atoms with Crippen LogP contribution in [0.5, 0.6) is 11.5 Å². The summed E-state index contributed by atoms with van der Waals surface area (Å²) in [6.45, 7) is 5.35. The molecule has 144 valence electrons. The van der Waals surface area contributed by atoms with Crippen molar-refractivity contribution in [2.24, 2.45) is 4.99 Å². The molecular weight excluding hydrogens is 443 g/mol. The van der Waals surface area contributed by atoms with Crippen LogP contribution in [0, 0.1) is 0 Å². The van der Waals surface area contributed by atoms with Crippen molar-refractivity contribution in [1.29, 1.82) is 0 Å². The third-order valence-electron chi connectivity index (χ3n) is 3.79. The molecule has 1 aromatic carbocycles. The number of halogens is 1. The second kappa shape index (κ2) is 12.5. The van der Waals surface area contributed by atoms with Gasteiger partial charge in [-0.2, -0.15) is 0 Å². The van der Waals surface area contributed by atoms with Crippen LogP contribution in [-0.2, 0) is 13.0 Å². The maximum atomic E-state index is 5.34. The van der Waals surface area contributed by atoms with Crippen molar-refractivity contribution >= 4 is 29.9 Å². The van der Waals surface area contributed by atoms with Gasteiger partial charge in [0.15, 0.2) is 17.5 Å². The number of hydrogen-bond acceptors (Lipinski definition) is 3. The van der Waals surface area contributed by atoms with E-state index in [4.69, 9.17) is 9.47 Å². The molecule has 0 unspecified atom stereocenters. The van der Waals surface area contributed by atoms with Gasteiger partial charge >= 0.3 is 0 Å². The highest BCUT2D eigenvalue weighted by Gasteiger charge is 2.04. The Bertz CT molecular complexity index is 660. The molecule has 0 aliphatic heterocycles. The van der Waals surface area contributed by atoms with Crippen LogP contribution in [0.25, 0.3) is 0 Å². The van der Waals surface area contributed by atoms with Crippen LogP contribution in [0.15, 0.2) is 47.7 Å². The summed E-state index contributed by atoms with van der Waals surface area (Å²) in [6.07, 6.45) is 4.96. The molecule has 0 atom stereocenters. The molecule has 0 saturated heterocycles. The molecule has 2 aromatic rings. The summed E-state index contributed by atoms with van der Waals surface area (Å²) in [4.78, 5) is 4.64. The zero-order valence-corrected chi connectivity index (χ0v) is 18.0. The maximum absolute atomic E-state index is 5.34. The van der Waals surface area contributed by atoms with Gasteiger partial charge in [0.05, 0.1) is 14.2 Å². The van der Waals surface area contributed by atoms with Crippen LogP contribution in [0.4, 0.5) is 0 Å². The Balaban J connectivity index is 0.00000338. The highest BCUT2D eigenvalue weighted by Crippen LogP contribution is 2.27. The van der Waals surface area contributed by atoms with Gasteiger partial charge in [0.25, 0.3) is 0 Å². The van der Waals surface area contributed by atoms with E-state index in [1.165, 1.54) is 5.56 Å². The predicted octanol–water partition coefficient (Wildman–Crippen LogP) is 2.92. The molecule has 0 saturated carbocycles. The highest BCUT2D eigenvalue weighted by molar-refractivity contribution is 14.0. The summed E-state index contributed by atoms with van der Waals surface area (Å²) in [5.41, 5.74) is 1.17. The van der Waals surface area contributed by atoms with E-state index in [0.29, 0.717) is 6.54 Å². The van der Waals surface area contributed by atoms with E-state index in [1.54, 1.807) is 14.2 Å². The molecule has 0 fully saturated rings. The SMILES string of the molecule is CCNC(=NCCc1ccc(OC)c(OC)c1)NCCn1cccc1.I. The Kier molecular flexibility index (Phi) is 10.6. The molecule has 0 bridgehead atoms. The first kappa shape index (κ1) is 22.1. The van der Waals surface area contributed by atoms with Gasteiger partial charge in [-0.3, -0.25) is 4.99 Å². The number of hydrogen-bond donors (Lipinski definition) is 2. The van der Waals surface area contributed by atoms with Gasteiger partial charge in [0, 0.05) is 38.6 Å². The molecule has 0 aliphatic rings.